The highest BCUT2D eigenvalue weighted by Gasteiger charge is 2.44. The van der Waals surface area contributed by atoms with Crippen LogP contribution in [0.15, 0.2) is 30.3 Å². The maximum atomic E-state index is 12.7. The monoisotopic (exact) mass is 339 g/mol. The molecule has 6 nitrogen and oxygen atoms in total. The van der Waals surface area contributed by atoms with Gasteiger partial charge in [-0.25, -0.2) is 4.79 Å². The summed E-state index contributed by atoms with van der Waals surface area (Å²) >= 11 is 0. The molecule has 0 bridgehead atoms. The number of aryl methyl sites for hydroxylation is 3. The molecule has 2 aromatic rings. The van der Waals surface area contributed by atoms with Crippen LogP contribution in [0.1, 0.15) is 34.2 Å². The highest BCUT2D eigenvalue weighted by Crippen LogP contribution is 2.26. The third-order valence-corrected chi connectivity index (χ3v) is 4.51. The molecule has 130 valence electrons. The van der Waals surface area contributed by atoms with Gasteiger partial charge in [0.25, 0.3) is 5.91 Å². The number of anilines is 1. The summed E-state index contributed by atoms with van der Waals surface area (Å²) in [7, 11) is 0. The lowest BCUT2D eigenvalue weighted by Crippen LogP contribution is -2.37. The third-order valence-electron chi connectivity index (χ3n) is 4.51. The van der Waals surface area contributed by atoms with Crippen LogP contribution in [0, 0.1) is 20.8 Å². The maximum Gasteiger partial charge on any atom is 0.332 e. The van der Waals surface area contributed by atoms with Crippen molar-refractivity contribution in [2.45, 2.75) is 33.7 Å². The quantitative estimate of drug-likeness (QED) is 0.687. The molecule has 0 spiro atoms. The van der Waals surface area contributed by atoms with Gasteiger partial charge in [0.05, 0.1) is 6.54 Å². The standard InChI is InChI=1S/C19H21N3O3/c1-11-5-7-15(8-6-11)22-14(4)18(24)21(19(22)25)10-17(23)16-9-12(2)20-13(16)3/h5-9,14,20H,10H2,1-4H3/t14-/m0/s1. The molecule has 1 atom stereocenters. The Bertz CT molecular complexity index is 851. The molecule has 0 saturated carbocycles. The molecule has 25 heavy (non-hydrogen) atoms. The van der Waals surface area contributed by atoms with Gasteiger partial charge < -0.3 is 4.98 Å². The Labute approximate surface area is 146 Å². The van der Waals surface area contributed by atoms with Crippen molar-refractivity contribution >= 4 is 23.4 Å². The number of aromatic nitrogens is 1. The van der Waals surface area contributed by atoms with Crippen LogP contribution in [0.3, 0.4) is 0 Å². The Morgan fingerprint density at radius 3 is 2.32 bits per heavy atom. The zero-order valence-electron chi connectivity index (χ0n) is 14.8. The fourth-order valence-electron chi connectivity index (χ4n) is 3.15. The van der Waals surface area contributed by atoms with Crippen LogP contribution in [0.5, 0.6) is 0 Å². The summed E-state index contributed by atoms with van der Waals surface area (Å²) in [5, 5.41) is 0. The number of nitrogens with one attached hydrogen (secondary N) is 1. The topological polar surface area (TPSA) is 73.5 Å². The maximum absolute atomic E-state index is 12.7. The molecule has 0 unspecified atom stereocenters. The van der Waals surface area contributed by atoms with Crippen molar-refractivity contribution in [1.82, 2.24) is 9.88 Å². The average molecular weight is 339 g/mol. The molecule has 1 aliphatic rings. The summed E-state index contributed by atoms with van der Waals surface area (Å²) in [5.41, 5.74) is 3.85. The van der Waals surface area contributed by atoms with Crippen LogP contribution in [-0.2, 0) is 4.79 Å². The van der Waals surface area contributed by atoms with Gasteiger partial charge in [-0.3, -0.25) is 19.4 Å². The van der Waals surface area contributed by atoms with E-state index in [1.54, 1.807) is 19.9 Å². The minimum Gasteiger partial charge on any atom is -0.362 e. The zero-order valence-corrected chi connectivity index (χ0v) is 14.8. The van der Waals surface area contributed by atoms with E-state index in [1.165, 1.54) is 4.90 Å². The first-order chi connectivity index (χ1) is 11.8. The first-order valence-electron chi connectivity index (χ1n) is 8.20. The second-order valence-corrected chi connectivity index (χ2v) is 6.50. The van der Waals surface area contributed by atoms with Gasteiger partial charge in [-0.1, -0.05) is 17.7 Å². The normalized spacial score (nSPS) is 17.5. The van der Waals surface area contributed by atoms with Crippen molar-refractivity contribution in [3.63, 3.8) is 0 Å². The first kappa shape index (κ1) is 17.0. The molecule has 1 aromatic heterocycles. The number of aromatic amines is 1. The highest BCUT2D eigenvalue weighted by atomic mass is 16.2. The van der Waals surface area contributed by atoms with Crippen LogP contribution in [0.25, 0.3) is 0 Å². The van der Waals surface area contributed by atoms with E-state index < -0.39 is 12.1 Å². The van der Waals surface area contributed by atoms with E-state index in [1.807, 2.05) is 38.1 Å². The largest absolute Gasteiger partial charge is 0.362 e. The Morgan fingerprint density at radius 2 is 1.76 bits per heavy atom. The van der Waals surface area contributed by atoms with E-state index in [4.69, 9.17) is 0 Å². The Kier molecular flexibility index (Phi) is 4.20. The molecule has 6 heteroatoms. The molecule has 1 aliphatic heterocycles. The molecule has 1 fully saturated rings. The van der Waals surface area contributed by atoms with Crippen LogP contribution >= 0.6 is 0 Å². The Hall–Kier alpha value is -2.89. The Balaban J connectivity index is 1.84. The van der Waals surface area contributed by atoms with Gasteiger partial charge in [-0.05, 0) is 45.9 Å². The van der Waals surface area contributed by atoms with Crippen LogP contribution in [0.2, 0.25) is 0 Å². The minimum absolute atomic E-state index is 0.248. The number of urea groups is 1. The van der Waals surface area contributed by atoms with Crippen LogP contribution in [-0.4, -0.2) is 40.2 Å². The number of hydrogen-bond acceptors (Lipinski definition) is 3. The molecule has 1 saturated heterocycles. The number of hydrogen-bond donors (Lipinski definition) is 1. The van der Waals surface area contributed by atoms with Crippen LogP contribution in [0.4, 0.5) is 10.5 Å². The highest BCUT2D eigenvalue weighted by molar-refractivity contribution is 6.16. The lowest BCUT2D eigenvalue weighted by atomic mass is 10.1. The molecular formula is C19H21N3O3. The second kappa shape index (κ2) is 6.20. The van der Waals surface area contributed by atoms with Gasteiger partial charge in [-0.2, -0.15) is 0 Å². The number of imide groups is 1. The summed E-state index contributed by atoms with van der Waals surface area (Å²) in [6, 6.07) is 8.05. The molecule has 3 amide bonds. The average Bonchev–Trinajstić information content (AvgIpc) is 3.00. The zero-order chi connectivity index (χ0) is 18.3. The summed E-state index contributed by atoms with van der Waals surface area (Å²) in [6.07, 6.45) is 0. The molecule has 0 radical (unpaired) electrons. The van der Waals surface area contributed by atoms with Gasteiger partial charge in [0.1, 0.15) is 6.04 Å². The molecule has 3 rings (SSSR count). The molecule has 2 heterocycles. The fourth-order valence-corrected chi connectivity index (χ4v) is 3.15. The van der Waals surface area contributed by atoms with E-state index in [0.717, 1.165) is 21.9 Å². The van der Waals surface area contributed by atoms with Gasteiger partial charge >= 0.3 is 6.03 Å². The molecule has 0 aliphatic carbocycles. The summed E-state index contributed by atoms with van der Waals surface area (Å²) in [6.45, 7) is 7.04. The molecular weight excluding hydrogens is 318 g/mol. The lowest BCUT2D eigenvalue weighted by molar-refractivity contribution is -0.126. The number of nitrogens with zero attached hydrogens (tertiary/aromatic N) is 2. The van der Waals surface area contributed by atoms with Crippen molar-refractivity contribution < 1.29 is 14.4 Å². The van der Waals surface area contributed by atoms with E-state index in [0.29, 0.717) is 11.3 Å². The number of rotatable bonds is 4. The molecule has 1 aromatic carbocycles. The van der Waals surface area contributed by atoms with Crippen molar-refractivity contribution in [3.05, 3.63) is 52.8 Å². The number of Topliss-reactive ketones (excluding diaryl/α,β-unsaturated/α-hetero) is 1. The van der Waals surface area contributed by atoms with Crippen LogP contribution < -0.4 is 4.90 Å². The van der Waals surface area contributed by atoms with Crippen molar-refractivity contribution in [3.8, 4) is 0 Å². The van der Waals surface area contributed by atoms with Crippen molar-refractivity contribution in [2.24, 2.45) is 0 Å². The predicted molar refractivity (Wildman–Crippen MR) is 94.8 cm³/mol. The van der Waals surface area contributed by atoms with Gasteiger partial charge in [-0.15, -0.1) is 0 Å². The second-order valence-electron chi connectivity index (χ2n) is 6.50. The fraction of sp³-hybridized carbons (Fsp3) is 0.316. The number of carbonyl (C=O) groups excluding carboxylic acids is 3. The van der Waals surface area contributed by atoms with E-state index in [9.17, 15) is 14.4 Å². The van der Waals surface area contributed by atoms with Crippen molar-refractivity contribution in [1.29, 1.82) is 0 Å². The number of H-pyrrole nitrogens is 1. The van der Waals surface area contributed by atoms with Gasteiger partial charge in [0.2, 0.25) is 0 Å². The number of carbonyl (C=O) groups is 3. The van der Waals surface area contributed by atoms with Gasteiger partial charge in [0, 0.05) is 22.6 Å². The van der Waals surface area contributed by atoms with E-state index in [-0.39, 0.29) is 18.2 Å². The summed E-state index contributed by atoms with van der Waals surface area (Å²) in [4.78, 5) is 43.3. The summed E-state index contributed by atoms with van der Waals surface area (Å²) < 4.78 is 0. The third kappa shape index (κ3) is 2.95. The lowest BCUT2D eigenvalue weighted by Gasteiger charge is -2.19. The van der Waals surface area contributed by atoms with E-state index >= 15 is 0 Å². The minimum atomic E-state index is -0.628. The van der Waals surface area contributed by atoms with Gasteiger partial charge in [0.15, 0.2) is 5.78 Å². The van der Waals surface area contributed by atoms with Crippen molar-refractivity contribution in [2.75, 3.05) is 11.4 Å². The van der Waals surface area contributed by atoms with E-state index in [2.05, 4.69) is 4.98 Å². The SMILES string of the molecule is Cc1ccc(N2C(=O)N(CC(=O)c3cc(C)[nH]c3C)C(=O)[C@@H]2C)cc1. The number of amides is 3. The molecule has 1 N–H and O–H groups in total. The summed E-state index contributed by atoms with van der Waals surface area (Å²) in [5.74, 6) is -0.606. The first-order valence-corrected chi connectivity index (χ1v) is 8.20. The Morgan fingerprint density at radius 1 is 1.12 bits per heavy atom. The predicted octanol–water partition coefficient (Wildman–Crippen LogP) is 2.98. The number of ketones is 1. The number of benzene rings is 1. The smallest absolute Gasteiger partial charge is 0.332 e.